The second-order valence-electron chi connectivity index (χ2n) is 8.23. The molecule has 4 heterocycles. The summed E-state index contributed by atoms with van der Waals surface area (Å²) >= 11 is 3.62. The summed E-state index contributed by atoms with van der Waals surface area (Å²) < 4.78 is 11.5. The molecule has 6 rings (SSSR count). The van der Waals surface area contributed by atoms with Crippen molar-refractivity contribution in [1.29, 1.82) is 0 Å². The van der Waals surface area contributed by atoms with E-state index in [1.54, 1.807) is 11.8 Å². The van der Waals surface area contributed by atoms with Crippen LogP contribution in [0.4, 0.5) is 0 Å². The SMILES string of the molecule is c1cc2c(cc1Sc1nc(CN3CCCCC3)nc3sc4c(c13)CCC4)OCCO2. The molecule has 0 radical (unpaired) electrons. The summed E-state index contributed by atoms with van der Waals surface area (Å²) in [5.41, 5.74) is 1.49. The van der Waals surface area contributed by atoms with Gasteiger partial charge in [0.15, 0.2) is 11.5 Å². The van der Waals surface area contributed by atoms with Gasteiger partial charge in [0.1, 0.15) is 28.9 Å². The molecular formula is C23H25N3O2S2. The van der Waals surface area contributed by atoms with Gasteiger partial charge in [-0.05, 0) is 69.0 Å². The third-order valence-corrected chi connectivity index (χ3v) is 8.28. The van der Waals surface area contributed by atoms with Gasteiger partial charge in [-0.25, -0.2) is 9.97 Å². The smallest absolute Gasteiger partial charge is 0.162 e. The lowest BCUT2D eigenvalue weighted by Crippen LogP contribution is -2.29. The Labute approximate surface area is 184 Å². The van der Waals surface area contributed by atoms with Crippen molar-refractivity contribution in [2.45, 2.75) is 55.0 Å². The molecule has 3 aromatic rings. The molecule has 0 unspecified atom stereocenters. The van der Waals surface area contributed by atoms with Crippen LogP contribution in [-0.2, 0) is 19.4 Å². The maximum Gasteiger partial charge on any atom is 0.162 e. The van der Waals surface area contributed by atoms with E-state index >= 15 is 0 Å². The van der Waals surface area contributed by atoms with E-state index < -0.39 is 0 Å². The molecule has 1 aromatic carbocycles. The third kappa shape index (κ3) is 3.57. The number of benzene rings is 1. The van der Waals surface area contributed by atoms with Crippen LogP contribution >= 0.6 is 23.1 Å². The molecule has 1 fully saturated rings. The maximum atomic E-state index is 5.80. The molecule has 30 heavy (non-hydrogen) atoms. The van der Waals surface area contributed by atoms with Crippen molar-refractivity contribution in [3.05, 3.63) is 34.5 Å². The molecule has 0 spiro atoms. The van der Waals surface area contributed by atoms with E-state index in [4.69, 9.17) is 19.4 Å². The highest BCUT2D eigenvalue weighted by Gasteiger charge is 2.24. The number of rotatable bonds is 4. The standard InChI is InChI=1S/C23H25N3O2S2/c1-2-9-26(10-3-1)14-20-24-22(21-16-5-4-6-19(16)30-23(21)25-20)29-15-7-8-17-18(13-15)28-12-11-27-17/h7-8,13H,1-6,9-12,14H2. The summed E-state index contributed by atoms with van der Waals surface area (Å²) in [6.07, 6.45) is 7.51. The first-order valence-corrected chi connectivity index (χ1v) is 12.6. The first-order valence-electron chi connectivity index (χ1n) is 10.9. The topological polar surface area (TPSA) is 47.5 Å². The highest BCUT2D eigenvalue weighted by Crippen LogP contribution is 2.43. The summed E-state index contributed by atoms with van der Waals surface area (Å²) in [4.78, 5) is 16.4. The molecule has 3 aliphatic rings. The van der Waals surface area contributed by atoms with Crippen LogP contribution in [0, 0.1) is 0 Å². The van der Waals surface area contributed by atoms with Gasteiger partial charge >= 0.3 is 0 Å². The zero-order valence-electron chi connectivity index (χ0n) is 17.0. The van der Waals surface area contributed by atoms with Crippen LogP contribution in [0.3, 0.4) is 0 Å². The van der Waals surface area contributed by atoms with Crippen molar-refractivity contribution in [2.75, 3.05) is 26.3 Å². The first kappa shape index (κ1) is 18.9. The molecule has 0 atom stereocenters. The minimum atomic E-state index is 0.608. The molecule has 2 aliphatic heterocycles. The van der Waals surface area contributed by atoms with E-state index in [1.807, 2.05) is 17.4 Å². The van der Waals surface area contributed by atoms with Crippen LogP contribution in [0.25, 0.3) is 10.2 Å². The van der Waals surface area contributed by atoms with E-state index in [9.17, 15) is 0 Å². The van der Waals surface area contributed by atoms with Gasteiger partial charge < -0.3 is 9.47 Å². The zero-order valence-corrected chi connectivity index (χ0v) is 18.6. The van der Waals surface area contributed by atoms with E-state index in [-0.39, 0.29) is 0 Å². The predicted octanol–water partition coefficient (Wildman–Crippen LogP) is 5.09. The average molecular weight is 440 g/mol. The molecule has 0 amide bonds. The predicted molar refractivity (Wildman–Crippen MR) is 120 cm³/mol. The van der Waals surface area contributed by atoms with Gasteiger partial charge in [-0.2, -0.15) is 0 Å². The van der Waals surface area contributed by atoms with E-state index in [0.717, 1.165) is 53.3 Å². The van der Waals surface area contributed by atoms with Gasteiger partial charge in [-0.1, -0.05) is 18.2 Å². The Bertz CT molecular complexity index is 1090. The molecule has 1 aliphatic carbocycles. The molecule has 0 saturated carbocycles. The lowest BCUT2D eigenvalue weighted by molar-refractivity contribution is 0.171. The van der Waals surface area contributed by atoms with Crippen LogP contribution in [0.1, 0.15) is 41.9 Å². The molecule has 0 bridgehead atoms. The summed E-state index contributed by atoms with van der Waals surface area (Å²) in [5, 5.41) is 2.39. The molecule has 0 N–H and O–H groups in total. The number of hydrogen-bond donors (Lipinski definition) is 0. The Morgan fingerprint density at radius 2 is 1.83 bits per heavy atom. The maximum absolute atomic E-state index is 5.80. The number of likely N-dealkylation sites (tertiary alicyclic amines) is 1. The summed E-state index contributed by atoms with van der Waals surface area (Å²) in [6, 6.07) is 6.22. The number of nitrogens with zero attached hydrogens (tertiary/aromatic N) is 3. The average Bonchev–Trinajstić information content (AvgIpc) is 3.35. The highest BCUT2D eigenvalue weighted by atomic mass is 32.2. The molecule has 156 valence electrons. The molecule has 7 heteroatoms. The van der Waals surface area contributed by atoms with Crippen LogP contribution in [0.5, 0.6) is 11.5 Å². The minimum absolute atomic E-state index is 0.608. The van der Waals surface area contributed by atoms with Crippen LogP contribution in [0.2, 0.25) is 0 Å². The van der Waals surface area contributed by atoms with Gasteiger partial charge in [-0.3, -0.25) is 4.90 Å². The number of thiophene rings is 1. The fourth-order valence-corrected chi connectivity index (χ4v) is 7.01. The summed E-state index contributed by atoms with van der Waals surface area (Å²) in [5.74, 6) is 2.63. The quantitative estimate of drug-likeness (QED) is 0.528. The van der Waals surface area contributed by atoms with Crippen LogP contribution < -0.4 is 9.47 Å². The van der Waals surface area contributed by atoms with E-state index in [0.29, 0.717) is 13.2 Å². The lowest BCUT2D eigenvalue weighted by Gasteiger charge is -2.25. The number of ether oxygens (including phenoxy) is 2. The molecular weight excluding hydrogens is 414 g/mol. The van der Waals surface area contributed by atoms with Crippen molar-refractivity contribution < 1.29 is 9.47 Å². The summed E-state index contributed by atoms with van der Waals surface area (Å²) in [7, 11) is 0. The van der Waals surface area contributed by atoms with Crippen molar-refractivity contribution >= 4 is 33.3 Å². The normalized spacial score (nSPS) is 18.7. The number of fused-ring (bicyclic) bond motifs is 4. The van der Waals surface area contributed by atoms with Gasteiger partial charge in [0.2, 0.25) is 0 Å². The Kier molecular flexibility index (Phi) is 5.05. The Balaban J connectivity index is 1.38. The van der Waals surface area contributed by atoms with Crippen molar-refractivity contribution in [3.63, 3.8) is 0 Å². The fourth-order valence-electron chi connectivity index (χ4n) is 4.67. The minimum Gasteiger partial charge on any atom is -0.486 e. The van der Waals surface area contributed by atoms with Crippen molar-refractivity contribution in [2.24, 2.45) is 0 Å². The largest absolute Gasteiger partial charge is 0.486 e. The van der Waals surface area contributed by atoms with Crippen molar-refractivity contribution in [1.82, 2.24) is 14.9 Å². The fraction of sp³-hybridized carbons (Fsp3) is 0.478. The monoisotopic (exact) mass is 439 g/mol. The second kappa shape index (κ2) is 8.02. The molecule has 2 aromatic heterocycles. The number of hydrogen-bond acceptors (Lipinski definition) is 7. The Morgan fingerprint density at radius 3 is 2.73 bits per heavy atom. The summed E-state index contributed by atoms with van der Waals surface area (Å²) in [6.45, 7) is 4.40. The van der Waals surface area contributed by atoms with Crippen LogP contribution in [0.15, 0.2) is 28.1 Å². The Hall–Kier alpha value is -1.83. The van der Waals surface area contributed by atoms with Gasteiger partial charge in [0.05, 0.1) is 6.54 Å². The number of aromatic nitrogens is 2. The van der Waals surface area contributed by atoms with E-state index in [1.165, 1.54) is 52.8 Å². The highest BCUT2D eigenvalue weighted by molar-refractivity contribution is 7.99. The van der Waals surface area contributed by atoms with Crippen molar-refractivity contribution in [3.8, 4) is 11.5 Å². The Morgan fingerprint density at radius 1 is 0.967 bits per heavy atom. The van der Waals surface area contributed by atoms with Crippen LogP contribution in [-0.4, -0.2) is 41.2 Å². The number of aryl methyl sites for hydroxylation is 2. The molecule has 5 nitrogen and oxygen atoms in total. The third-order valence-electron chi connectivity index (χ3n) is 6.12. The number of piperidine rings is 1. The van der Waals surface area contributed by atoms with Gasteiger partial charge in [0, 0.05) is 15.2 Å². The second-order valence-corrected chi connectivity index (χ2v) is 10.4. The molecule has 1 saturated heterocycles. The van der Waals surface area contributed by atoms with Gasteiger partial charge in [-0.15, -0.1) is 11.3 Å². The first-order chi connectivity index (χ1) is 14.8. The zero-order chi connectivity index (χ0) is 19.9. The van der Waals surface area contributed by atoms with Gasteiger partial charge in [0.25, 0.3) is 0 Å². The van der Waals surface area contributed by atoms with E-state index in [2.05, 4.69) is 17.0 Å². The lowest BCUT2D eigenvalue weighted by atomic mass is 10.1.